The Hall–Kier alpha value is -3.93. The largest absolute Gasteiger partial charge is 0.334 e. The van der Waals surface area contributed by atoms with Gasteiger partial charge in [-0.3, -0.25) is 0 Å². The number of hydrogen-bond donors (Lipinski definition) is 1. The maximum absolute atomic E-state index is 13.5. The van der Waals surface area contributed by atoms with E-state index in [-0.39, 0.29) is 17.9 Å². The molecule has 0 fully saturated rings. The molecule has 0 saturated carbocycles. The fourth-order valence-electron chi connectivity index (χ4n) is 3.57. The maximum atomic E-state index is 13.5. The van der Waals surface area contributed by atoms with Crippen molar-refractivity contribution in [1.29, 1.82) is 0 Å². The minimum absolute atomic E-state index is 0.220. The highest BCUT2D eigenvalue weighted by Crippen LogP contribution is 2.28. The molecule has 0 bridgehead atoms. The smallest absolute Gasteiger partial charge is 0.318 e. The maximum Gasteiger partial charge on any atom is 0.318 e. The van der Waals surface area contributed by atoms with Crippen molar-refractivity contribution in [3.8, 4) is 5.69 Å². The van der Waals surface area contributed by atoms with Crippen molar-refractivity contribution < 1.29 is 9.18 Å². The van der Waals surface area contributed by atoms with Crippen LogP contribution in [0.3, 0.4) is 0 Å². The number of rotatable bonds is 6. The van der Waals surface area contributed by atoms with Gasteiger partial charge in [0.15, 0.2) is 0 Å². The van der Waals surface area contributed by atoms with E-state index in [9.17, 15) is 9.18 Å². The molecular formula is C25H23FN4O. The van der Waals surface area contributed by atoms with Crippen LogP contribution in [0.15, 0.2) is 97.3 Å². The fraction of sp³-hybridized carbons (Fsp3) is 0.120. The summed E-state index contributed by atoms with van der Waals surface area (Å²) in [6.45, 7) is 0.378. The van der Waals surface area contributed by atoms with Crippen LogP contribution in [0.4, 0.5) is 9.18 Å². The van der Waals surface area contributed by atoms with Gasteiger partial charge in [0.25, 0.3) is 0 Å². The highest BCUT2D eigenvalue weighted by molar-refractivity contribution is 5.75. The summed E-state index contributed by atoms with van der Waals surface area (Å²) in [6.07, 6.45) is 3.60. The van der Waals surface area contributed by atoms with E-state index >= 15 is 0 Å². The van der Waals surface area contributed by atoms with Crippen LogP contribution in [0, 0.1) is 5.82 Å². The van der Waals surface area contributed by atoms with Gasteiger partial charge in [-0.2, -0.15) is 5.10 Å². The first-order chi connectivity index (χ1) is 15.1. The van der Waals surface area contributed by atoms with E-state index in [2.05, 4.69) is 10.4 Å². The summed E-state index contributed by atoms with van der Waals surface area (Å²) in [5, 5.41) is 7.23. The van der Waals surface area contributed by atoms with Crippen molar-refractivity contribution in [2.45, 2.75) is 12.6 Å². The number of halogens is 1. The molecule has 4 aromatic rings. The average molecular weight is 414 g/mol. The van der Waals surface area contributed by atoms with Crippen molar-refractivity contribution in [3.05, 3.63) is 120 Å². The Morgan fingerprint density at radius 3 is 2.45 bits per heavy atom. The van der Waals surface area contributed by atoms with Gasteiger partial charge < -0.3 is 10.2 Å². The molecule has 0 aliphatic carbocycles. The molecule has 1 aromatic heterocycles. The first-order valence-electron chi connectivity index (χ1n) is 10.0. The molecule has 156 valence electrons. The molecule has 0 aliphatic rings. The Morgan fingerprint density at radius 1 is 1.00 bits per heavy atom. The van der Waals surface area contributed by atoms with Crippen molar-refractivity contribution in [3.63, 3.8) is 0 Å². The number of nitrogens with one attached hydrogen (secondary N) is 1. The predicted molar refractivity (Wildman–Crippen MR) is 118 cm³/mol. The highest BCUT2D eigenvalue weighted by Gasteiger charge is 2.23. The standard InChI is InChI=1S/C25H23FN4O/c1-29(24(20-8-3-2-4-9-20)21-11-13-22(26)14-12-21)25(31)27-18-19-7-5-10-23(17-19)30-16-6-15-28-30/h2-17,24H,18H2,1H3,(H,27,31). The third kappa shape index (κ3) is 4.80. The zero-order valence-electron chi connectivity index (χ0n) is 17.1. The zero-order valence-corrected chi connectivity index (χ0v) is 17.1. The Balaban J connectivity index is 1.51. The summed E-state index contributed by atoms with van der Waals surface area (Å²) in [7, 11) is 1.75. The van der Waals surface area contributed by atoms with Gasteiger partial charge in [-0.05, 0) is 47.0 Å². The van der Waals surface area contributed by atoms with E-state index in [1.54, 1.807) is 35.0 Å². The Bertz CT molecular complexity index is 1130. The van der Waals surface area contributed by atoms with E-state index in [0.717, 1.165) is 22.4 Å². The van der Waals surface area contributed by atoms with Crippen LogP contribution in [-0.4, -0.2) is 27.8 Å². The molecule has 1 atom stereocenters. The predicted octanol–water partition coefficient (Wildman–Crippen LogP) is 4.94. The number of carbonyl (C=O) groups is 1. The second kappa shape index (κ2) is 9.26. The van der Waals surface area contributed by atoms with Crippen LogP contribution < -0.4 is 5.32 Å². The molecule has 0 radical (unpaired) electrons. The number of aromatic nitrogens is 2. The second-order valence-corrected chi connectivity index (χ2v) is 7.25. The monoisotopic (exact) mass is 414 g/mol. The third-order valence-corrected chi connectivity index (χ3v) is 5.13. The number of hydrogen-bond acceptors (Lipinski definition) is 2. The first-order valence-corrected chi connectivity index (χ1v) is 10.0. The highest BCUT2D eigenvalue weighted by atomic mass is 19.1. The Kier molecular flexibility index (Phi) is 6.08. The molecular weight excluding hydrogens is 391 g/mol. The summed E-state index contributed by atoms with van der Waals surface area (Å²) in [4.78, 5) is 14.6. The first kappa shape index (κ1) is 20.3. The molecule has 31 heavy (non-hydrogen) atoms. The number of benzene rings is 3. The quantitative estimate of drug-likeness (QED) is 0.486. The minimum Gasteiger partial charge on any atom is -0.334 e. The van der Waals surface area contributed by atoms with E-state index in [1.807, 2.05) is 66.9 Å². The van der Waals surface area contributed by atoms with Crippen LogP contribution in [0.25, 0.3) is 5.69 Å². The lowest BCUT2D eigenvalue weighted by Gasteiger charge is -2.29. The third-order valence-electron chi connectivity index (χ3n) is 5.13. The van der Waals surface area contributed by atoms with Crippen LogP contribution in [-0.2, 0) is 6.54 Å². The summed E-state index contributed by atoms with van der Waals surface area (Å²) >= 11 is 0. The molecule has 0 spiro atoms. The summed E-state index contributed by atoms with van der Waals surface area (Å²) < 4.78 is 15.2. The molecule has 1 heterocycles. The van der Waals surface area contributed by atoms with Crippen molar-refractivity contribution in [1.82, 2.24) is 20.0 Å². The van der Waals surface area contributed by atoms with Crippen molar-refractivity contribution in [2.24, 2.45) is 0 Å². The molecule has 0 aliphatic heterocycles. The van der Waals surface area contributed by atoms with Gasteiger partial charge in [0, 0.05) is 26.0 Å². The van der Waals surface area contributed by atoms with Crippen LogP contribution in [0.5, 0.6) is 0 Å². The summed E-state index contributed by atoms with van der Waals surface area (Å²) in [5.74, 6) is -0.306. The number of nitrogens with zero attached hydrogens (tertiary/aromatic N) is 3. The van der Waals surface area contributed by atoms with Gasteiger partial charge in [-0.25, -0.2) is 13.9 Å². The summed E-state index contributed by atoms with van der Waals surface area (Å²) in [6, 6.07) is 25.1. The van der Waals surface area contributed by atoms with Crippen LogP contribution in [0.1, 0.15) is 22.7 Å². The number of carbonyl (C=O) groups excluding carboxylic acids is 1. The lowest BCUT2D eigenvalue weighted by molar-refractivity contribution is 0.198. The van der Waals surface area contributed by atoms with Crippen molar-refractivity contribution >= 4 is 6.03 Å². The number of urea groups is 1. The minimum atomic E-state index is -0.336. The molecule has 3 aromatic carbocycles. The molecule has 1 unspecified atom stereocenters. The topological polar surface area (TPSA) is 50.2 Å². The normalized spacial score (nSPS) is 11.7. The Labute approximate surface area is 180 Å². The lowest BCUT2D eigenvalue weighted by Crippen LogP contribution is -2.39. The number of amides is 2. The van der Waals surface area contributed by atoms with E-state index < -0.39 is 0 Å². The van der Waals surface area contributed by atoms with Gasteiger partial charge in [-0.15, -0.1) is 0 Å². The molecule has 6 heteroatoms. The van der Waals surface area contributed by atoms with Gasteiger partial charge in [0.05, 0.1) is 11.7 Å². The van der Waals surface area contributed by atoms with Crippen LogP contribution in [0.2, 0.25) is 0 Å². The zero-order chi connectivity index (χ0) is 21.6. The van der Waals surface area contributed by atoms with Gasteiger partial charge in [-0.1, -0.05) is 54.6 Å². The lowest BCUT2D eigenvalue weighted by atomic mass is 9.97. The van der Waals surface area contributed by atoms with Gasteiger partial charge in [0.2, 0.25) is 0 Å². The van der Waals surface area contributed by atoms with Gasteiger partial charge in [0.1, 0.15) is 5.82 Å². The van der Waals surface area contributed by atoms with E-state index in [1.165, 1.54) is 12.1 Å². The molecule has 2 amide bonds. The molecule has 0 saturated heterocycles. The van der Waals surface area contributed by atoms with Crippen molar-refractivity contribution in [2.75, 3.05) is 7.05 Å². The molecule has 1 N–H and O–H groups in total. The SMILES string of the molecule is CN(C(=O)NCc1cccc(-n2cccn2)c1)C(c1ccccc1)c1ccc(F)cc1. The fourth-order valence-corrected chi connectivity index (χ4v) is 3.57. The summed E-state index contributed by atoms with van der Waals surface area (Å²) in [5.41, 5.74) is 3.68. The average Bonchev–Trinajstić information content (AvgIpc) is 3.35. The molecule has 5 nitrogen and oxygen atoms in total. The molecule has 4 rings (SSSR count). The van der Waals surface area contributed by atoms with E-state index in [4.69, 9.17) is 0 Å². The Morgan fingerprint density at radius 2 is 1.74 bits per heavy atom. The van der Waals surface area contributed by atoms with Crippen LogP contribution >= 0.6 is 0 Å². The van der Waals surface area contributed by atoms with Gasteiger partial charge >= 0.3 is 6.03 Å². The van der Waals surface area contributed by atoms with E-state index in [0.29, 0.717) is 6.54 Å². The second-order valence-electron chi connectivity index (χ2n) is 7.25.